The lowest BCUT2D eigenvalue weighted by molar-refractivity contribution is 0.0666. The molecule has 0 atom stereocenters. The molecular weight excluding hydrogens is 503 g/mol. The monoisotopic (exact) mass is 534 g/mol. The first kappa shape index (κ1) is 27.4. The highest BCUT2D eigenvalue weighted by molar-refractivity contribution is 5.97. The van der Waals surface area contributed by atoms with E-state index in [4.69, 9.17) is 15.2 Å². The van der Waals surface area contributed by atoms with Gasteiger partial charge in [0.25, 0.3) is 11.8 Å². The molecule has 0 aliphatic carbocycles. The van der Waals surface area contributed by atoms with Crippen molar-refractivity contribution >= 4 is 23.5 Å². The maximum absolute atomic E-state index is 14.7. The number of halogens is 1. The van der Waals surface area contributed by atoms with E-state index in [1.807, 2.05) is 32.0 Å². The molecule has 0 radical (unpaired) electrons. The molecule has 0 spiro atoms. The maximum Gasteiger partial charge on any atom is 0.321 e. The summed E-state index contributed by atoms with van der Waals surface area (Å²) >= 11 is 0. The minimum Gasteiger partial charge on any atom is -0.493 e. The molecule has 3 aromatic carbocycles. The molecule has 39 heavy (non-hydrogen) atoms. The van der Waals surface area contributed by atoms with Gasteiger partial charge in [-0.2, -0.15) is 0 Å². The van der Waals surface area contributed by atoms with Gasteiger partial charge in [0, 0.05) is 31.9 Å². The van der Waals surface area contributed by atoms with Crippen molar-refractivity contribution in [3.05, 3.63) is 88.2 Å². The fourth-order valence-corrected chi connectivity index (χ4v) is 4.53. The summed E-state index contributed by atoms with van der Waals surface area (Å²) in [5, 5.41) is 2.90. The number of amides is 4. The summed E-state index contributed by atoms with van der Waals surface area (Å²) in [5.74, 6) is -1.32. The molecule has 4 rings (SSSR count). The normalized spacial score (nSPS) is 13.1. The van der Waals surface area contributed by atoms with Crippen LogP contribution in [0.1, 0.15) is 37.4 Å². The Labute approximate surface area is 226 Å². The number of aryl methyl sites for hydroxylation is 2. The number of rotatable bonds is 7. The highest BCUT2D eigenvalue weighted by Gasteiger charge is 2.27. The molecule has 1 heterocycles. The van der Waals surface area contributed by atoms with Crippen LogP contribution in [0.15, 0.2) is 54.6 Å². The largest absolute Gasteiger partial charge is 0.493 e. The second-order valence-corrected chi connectivity index (χ2v) is 9.39. The van der Waals surface area contributed by atoms with Crippen LogP contribution in [0.4, 0.5) is 14.9 Å². The molecule has 204 valence electrons. The minimum atomic E-state index is -0.680. The fourth-order valence-electron chi connectivity index (χ4n) is 4.53. The SMILES string of the molecule is COc1cccc(C(N)=O)c1OCc1ccc(F)c(C(=O)N2CCN(C(=O)Nc3cc(C)cc(C)c3)CC2)c1. The number of para-hydroxylation sites is 1. The van der Waals surface area contributed by atoms with E-state index in [2.05, 4.69) is 5.32 Å². The van der Waals surface area contributed by atoms with E-state index in [1.165, 1.54) is 36.3 Å². The number of hydrogen-bond donors (Lipinski definition) is 2. The number of methoxy groups -OCH3 is 1. The molecule has 0 unspecified atom stereocenters. The first-order valence-corrected chi connectivity index (χ1v) is 12.5. The van der Waals surface area contributed by atoms with E-state index in [1.54, 1.807) is 17.0 Å². The molecule has 0 aromatic heterocycles. The Morgan fingerprint density at radius 1 is 0.923 bits per heavy atom. The third-order valence-corrected chi connectivity index (χ3v) is 6.44. The van der Waals surface area contributed by atoms with Crippen molar-refractivity contribution in [1.29, 1.82) is 0 Å². The Morgan fingerprint density at radius 3 is 2.23 bits per heavy atom. The average molecular weight is 535 g/mol. The topological polar surface area (TPSA) is 114 Å². The van der Waals surface area contributed by atoms with E-state index in [0.717, 1.165) is 11.1 Å². The summed E-state index contributed by atoms with van der Waals surface area (Å²) in [5.41, 5.74) is 8.83. The van der Waals surface area contributed by atoms with Crippen LogP contribution in [0.5, 0.6) is 11.5 Å². The van der Waals surface area contributed by atoms with Gasteiger partial charge in [0.2, 0.25) is 0 Å². The van der Waals surface area contributed by atoms with Gasteiger partial charge in [-0.15, -0.1) is 0 Å². The summed E-state index contributed by atoms with van der Waals surface area (Å²) in [7, 11) is 1.44. The van der Waals surface area contributed by atoms with E-state index >= 15 is 0 Å². The molecule has 1 saturated heterocycles. The molecule has 9 nitrogen and oxygen atoms in total. The number of primary amides is 1. The first-order valence-electron chi connectivity index (χ1n) is 12.5. The molecule has 1 aliphatic heterocycles. The van der Waals surface area contributed by atoms with Gasteiger partial charge in [0.15, 0.2) is 11.5 Å². The fraction of sp³-hybridized carbons (Fsp3) is 0.276. The molecule has 0 bridgehead atoms. The van der Waals surface area contributed by atoms with Crippen molar-refractivity contribution in [1.82, 2.24) is 9.80 Å². The zero-order valence-electron chi connectivity index (χ0n) is 22.1. The van der Waals surface area contributed by atoms with Gasteiger partial charge in [-0.05, 0) is 66.9 Å². The van der Waals surface area contributed by atoms with Gasteiger partial charge >= 0.3 is 6.03 Å². The predicted octanol–water partition coefficient (Wildman–Crippen LogP) is 4.12. The van der Waals surface area contributed by atoms with Gasteiger partial charge in [0.1, 0.15) is 12.4 Å². The second kappa shape index (κ2) is 11.8. The molecule has 4 amide bonds. The van der Waals surface area contributed by atoms with Gasteiger partial charge < -0.3 is 30.3 Å². The van der Waals surface area contributed by atoms with Crippen LogP contribution in [0, 0.1) is 19.7 Å². The zero-order chi connectivity index (χ0) is 28.1. The Bertz CT molecular complexity index is 1380. The van der Waals surface area contributed by atoms with Crippen molar-refractivity contribution < 1.29 is 28.2 Å². The number of piperazine rings is 1. The number of nitrogens with one attached hydrogen (secondary N) is 1. The molecule has 0 saturated carbocycles. The maximum atomic E-state index is 14.7. The number of hydrogen-bond acceptors (Lipinski definition) is 5. The van der Waals surface area contributed by atoms with E-state index < -0.39 is 17.6 Å². The smallest absolute Gasteiger partial charge is 0.321 e. The van der Waals surface area contributed by atoms with Crippen LogP contribution in [-0.2, 0) is 6.61 Å². The van der Waals surface area contributed by atoms with Crippen LogP contribution >= 0.6 is 0 Å². The van der Waals surface area contributed by atoms with Crippen LogP contribution in [0.2, 0.25) is 0 Å². The van der Waals surface area contributed by atoms with Gasteiger partial charge in [0.05, 0.1) is 18.2 Å². The zero-order valence-corrected chi connectivity index (χ0v) is 22.1. The predicted molar refractivity (Wildman–Crippen MR) is 145 cm³/mol. The Kier molecular flexibility index (Phi) is 8.33. The molecular formula is C29H31FN4O5. The van der Waals surface area contributed by atoms with Crippen molar-refractivity contribution in [3.63, 3.8) is 0 Å². The van der Waals surface area contributed by atoms with Crippen LogP contribution in [-0.4, -0.2) is 60.9 Å². The Balaban J connectivity index is 1.40. The summed E-state index contributed by atoms with van der Waals surface area (Å²) in [6.07, 6.45) is 0. The molecule has 10 heteroatoms. The Morgan fingerprint density at radius 2 is 1.59 bits per heavy atom. The number of anilines is 1. The van der Waals surface area contributed by atoms with Crippen LogP contribution in [0.3, 0.4) is 0 Å². The minimum absolute atomic E-state index is 0.0480. The van der Waals surface area contributed by atoms with E-state index in [-0.39, 0.29) is 42.6 Å². The number of urea groups is 1. The lowest BCUT2D eigenvalue weighted by atomic mass is 10.1. The second-order valence-electron chi connectivity index (χ2n) is 9.39. The van der Waals surface area contributed by atoms with Gasteiger partial charge in [-0.3, -0.25) is 9.59 Å². The number of nitrogens with two attached hydrogens (primary N) is 1. The lowest BCUT2D eigenvalue weighted by Crippen LogP contribution is -2.51. The third-order valence-electron chi connectivity index (χ3n) is 6.44. The van der Waals surface area contributed by atoms with Gasteiger partial charge in [-0.1, -0.05) is 18.2 Å². The lowest BCUT2D eigenvalue weighted by Gasteiger charge is -2.35. The van der Waals surface area contributed by atoms with Gasteiger partial charge in [-0.25, -0.2) is 9.18 Å². The number of nitrogens with zero attached hydrogens (tertiary/aromatic N) is 2. The highest BCUT2D eigenvalue weighted by atomic mass is 19.1. The van der Waals surface area contributed by atoms with E-state index in [9.17, 15) is 18.8 Å². The average Bonchev–Trinajstić information content (AvgIpc) is 2.91. The molecule has 1 aliphatic rings. The van der Waals surface area contributed by atoms with Crippen molar-refractivity contribution in [2.45, 2.75) is 20.5 Å². The van der Waals surface area contributed by atoms with Crippen LogP contribution in [0.25, 0.3) is 0 Å². The number of carbonyl (C=O) groups is 3. The van der Waals surface area contributed by atoms with Crippen molar-refractivity contribution in [2.24, 2.45) is 5.73 Å². The molecule has 1 fully saturated rings. The third kappa shape index (κ3) is 6.46. The number of benzene rings is 3. The summed E-state index contributed by atoms with van der Waals surface area (Å²) in [6, 6.07) is 14.5. The quantitative estimate of drug-likeness (QED) is 0.473. The molecule has 3 N–H and O–H groups in total. The standard InChI is InChI=1S/C29H31FN4O5/c1-18-13-19(2)15-21(14-18)32-29(37)34-11-9-33(10-12-34)28(36)23-16-20(7-8-24(23)30)17-39-26-22(27(31)35)5-4-6-25(26)38-3/h4-8,13-16H,9-12,17H2,1-3H3,(H2,31,35)(H,32,37). The van der Waals surface area contributed by atoms with E-state index in [0.29, 0.717) is 30.1 Å². The number of ether oxygens (including phenoxy) is 2. The summed E-state index contributed by atoms with van der Waals surface area (Å²) in [6.45, 7) is 5.04. The van der Waals surface area contributed by atoms with Crippen molar-refractivity contribution in [2.75, 3.05) is 38.6 Å². The highest BCUT2D eigenvalue weighted by Crippen LogP contribution is 2.31. The summed E-state index contributed by atoms with van der Waals surface area (Å²) in [4.78, 5) is 40.9. The first-order chi connectivity index (χ1) is 18.7. The molecule has 3 aromatic rings. The Hall–Kier alpha value is -4.60. The van der Waals surface area contributed by atoms with Crippen LogP contribution < -0.4 is 20.5 Å². The summed E-state index contributed by atoms with van der Waals surface area (Å²) < 4.78 is 25.8. The van der Waals surface area contributed by atoms with Crippen molar-refractivity contribution in [3.8, 4) is 11.5 Å². The number of carbonyl (C=O) groups excluding carboxylic acids is 3.